The lowest BCUT2D eigenvalue weighted by Gasteiger charge is -2.05. The summed E-state index contributed by atoms with van der Waals surface area (Å²) in [4.78, 5) is 10.5. The Morgan fingerprint density at radius 1 is 1.07 bits per heavy atom. The van der Waals surface area contributed by atoms with Gasteiger partial charge in [0.1, 0.15) is 5.75 Å². The van der Waals surface area contributed by atoms with E-state index in [0.29, 0.717) is 5.56 Å². The molecule has 76 valence electrons. The SMILES string of the molecule is C1CCC1.NC(=O)c1ccc(O)cc1. The zero-order chi connectivity index (χ0) is 10.4. The average Bonchev–Trinajstić information content (AvgIpc) is 2.01. The van der Waals surface area contributed by atoms with Crippen LogP contribution in [-0.4, -0.2) is 11.0 Å². The van der Waals surface area contributed by atoms with Crippen LogP contribution in [0.3, 0.4) is 0 Å². The van der Waals surface area contributed by atoms with Crippen LogP contribution in [0.1, 0.15) is 36.0 Å². The summed E-state index contributed by atoms with van der Waals surface area (Å²) in [7, 11) is 0. The molecule has 0 atom stereocenters. The fourth-order valence-electron chi connectivity index (χ4n) is 0.876. The van der Waals surface area contributed by atoms with Crippen molar-refractivity contribution in [1.29, 1.82) is 0 Å². The summed E-state index contributed by atoms with van der Waals surface area (Å²) in [6, 6.07) is 5.77. The van der Waals surface area contributed by atoms with E-state index in [9.17, 15) is 4.79 Å². The number of benzene rings is 1. The van der Waals surface area contributed by atoms with Crippen molar-refractivity contribution in [3.8, 4) is 5.75 Å². The van der Waals surface area contributed by atoms with Crippen molar-refractivity contribution in [2.24, 2.45) is 5.73 Å². The molecular weight excluding hydrogens is 178 g/mol. The molecule has 2 rings (SSSR count). The van der Waals surface area contributed by atoms with Gasteiger partial charge in [0, 0.05) is 5.56 Å². The summed E-state index contributed by atoms with van der Waals surface area (Å²) >= 11 is 0. The van der Waals surface area contributed by atoms with Crippen molar-refractivity contribution in [2.45, 2.75) is 25.7 Å². The van der Waals surface area contributed by atoms with Gasteiger partial charge in [0.2, 0.25) is 5.91 Å². The highest BCUT2D eigenvalue weighted by molar-refractivity contribution is 5.92. The fourth-order valence-corrected chi connectivity index (χ4v) is 0.876. The third-order valence-electron chi connectivity index (χ3n) is 2.15. The number of phenols is 1. The molecular formula is C11H15NO2. The van der Waals surface area contributed by atoms with Crippen molar-refractivity contribution in [1.82, 2.24) is 0 Å². The summed E-state index contributed by atoms with van der Waals surface area (Å²) in [5, 5.41) is 8.79. The maximum Gasteiger partial charge on any atom is 0.248 e. The molecule has 1 aliphatic rings. The zero-order valence-electron chi connectivity index (χ0n) is 8.07. The lowest BCUT2D eigenvalue weighted by Crippen LogP contribution is -2.10. The van der Waals surface area contributed by atoms with E-state index < -0.39 is 5.91 Å². The molecule has 1 aromatic rings. The van der Waals surface area contributed by atoms with Gasteiger partial charge in [-0.25, -0.2) is 0 Å². The van der Waals surface area contributed by atoms with Gasteiger partial charge in [-0.3, -0.25) is 4.79 Å². The lowest BCUT2D eigenvalue weighted by molar-refractivity contribution is 0.100. The van der Waals surface area contributed by atoms with Crippen molar-refractivity contribution in [3.63, 3.8) is 0 Å². The maximum absolute atomic E-state index is 10.5. The van der Waals surface area contributed by atoms with Gasteiger partial charge in [0.15, 0.2) is 0 Å². The maximum atomic E-state index is 10.5. The lowest BCUT2D eigenvalue weighted by atomic mass is 10.0. The van der Waals surface area contributed by atoms with Crippen LogP contribution in [0.15, 0.2) is 24.3 Å². The second-order valence-electron chi connectivity index (χ2n) is 3.33. The van der Waals surface area contributed by atoms with E-state index in [1.807, 2.05) is 0 Å². The zero-order valence-corrected chi connectivity index (χ0v) is 8.07. The van der Waals surface area contributed by atoms with Crippen LogP contribution in [-0.2, 0) is 0 Å². The number of carbonyl (C=O) groups excluding carboxylic acids is 1. The number of aromatic hydroxyl groups is 1. The van der Waals surface area contributed by atoms with Crippen LogP contribution in [0.5, 0.6) is 5.75 Å². The molecule has 0 bridgehead atoms. The van der Waals surface area contributed by atoms with Crippen LogP contribution in [0, 0.1) is 0 Å². The Bertz CT molecular complexity index is 285. The molecule has 0 aliphatic heterocycles. The van der Waals surface area contributed by atoms with Crippen molar-refractivity contribution < 1.29 is 9.90 Å². The minimum atomic E-state index is -0.486. The molecule has 3 heteroatoms. The predicted octanol–water partition coefficient (Wildman–Crippen LogP) is 2.05. The summed E-state index contributed by atoms with van der Waals surface area (Å²) in [5.41, 5.74) is 5.34. The number of primary amides is 1. The third kappa shape index (κ3) is 3.47. The van der Waals surface area contributed by atoms with E-state index in [2.05, 4.69) is 0 Å². The molecule has 3 nitrogen and oxygen atoms in total. The second kappa shape index (κ2) is 5.27. The molecule has 1 fully saturated rings. The van der Waals surface area contributed by atoms with E-state index in [0.717, 1.165) is 0 Å². The number of phenolic OH excluding ortho intramolecular Hbond substituents is 1. The third-order valence-corrected chi connectivity index (χ3v) is 2.15. The molecule has 0 unspecified atom stereocenters. The molecule has 1 aliphatic carbocycles. The minimum absolute atomic E-state index is 0.130. The summed E-state index contributed by atoms with van der Waals surface area (Å²) in [6.45, 7) is 0. The smallest absolute Gasteiger partial charge is 0.248 e. The molecule has 3 N–H and O–H groups in total. The Hall–Kier alpha value is -1.51. The topological polar surface area (TPSA) is 63.3 Å². The highest BCUT2D eigenvalue weighted by atomic mass is 16.3. The van der Waals surface area contributed by atoms with E-state index >= 15 is 0 Å². The Balaban J connectivity index is 0.000000203. The first kappa shape index (κ1) is 10.6. The second-order valence-corrected chi connectivity index (χ2v) is 3.33. The summed E-state index contributed by atoms with van der Waals surface area (Å²) in [6.07, 6.45) is 6.00. The number of carbonyl (C=O) groups is 1. The van der Waals surface area contributed by atoms with Gasteiger partial charge >= 0.3 is 0 Å². The average molecular weight is 193 g/mol. The van der Waals surface area contributed by atoms with Gasteiger partial charge in [-0.2, -0.15) is 0 Å². The highest BCUT2D eigenvalue weighted by Crippen LogP contribution is 2.15. The monoisotopic (exact) mass is 193 g/mol. The molecule has 0 radical (unpaired) electrons. The highest BCUT2D eigenvalue weighted by Gasteiger charge is 1.97. The number of rotatable bonds is 1. The molecule has 0 spiro atoms. The van der Waals surface area contributed by atoms with Gasteiger partial charge < -0.3 is 10.8 Å². The number of hydrogen-bond acceptors (Lipinski definition) is 2. The molecule has 1 saturated carbocycles. The van der Waals surface area contributed by atoms with Crippen LogP contribution in [0.4, 0.5) is 0 Å². The standard InChI is InChI=1S/C7H7NO2.C4H8/c8-7(10)5-1-3-6(9)4-2-5;1-2-4-3-1/h1-4,9H,(H2,8,10);1-4H2. The van der Waals surface area contributed by atoms with Crippen molar-refractivity contribution in [3.05, 3.63) is 29.8 Å². The van der Waals surface area contributed by atoms with Crippen molar-refractivity contribution >= 4 is 5.91 Å². The van der Waals surface area contributed by atoms with Crippen molar-refractivity contribution in [2.75, 3.05) is 0 Å². The molecule has 1 aromatic carbocycles. The molecule has 1 amide bonds. The van der Waals surface area contributed by atoms with E-state index in [1.54, 1.807) is 0 Å². The molecule has 0 heterocycles. The van der Waals surface area contributed by atoms with E-state index in [4.69, 9.17) is 10.8 Å². The van der Waals surface area contributed by atoms with Gasteiger partial charge in [-0.05, 0) is 24.3 Å². The number of nitrogens with two attached hydrogens (primary N) is 1. The van der Waals surface area contributed by atoms with Crippen LogP contribution in [0.2, 0.25) is 0 Å². The minimum Gasteiger partial charge on any atom is -0.508 e. The summed E-state index contributed by atoms with van der Waals surface area (Å²) < 4.78 is 0. The van der Waals surface area contributed by atoms with Crippen LogP contribution >= 0.6 is 0 Å². The van der Waals surface area contributed by atoms with Crippen LogP contribution in [0.25, 0.3) is 0 Å². The Morgan fingerprint density at radius 3 is 1.79 bits per heavy atom. The largest absolute Gasteiger partial charge is 0.508 e. The Kier molecular flexibility index (Phi) is 3.98. The predicted molar refractivity (Wildman–Crippen MR) is 55.1 cm³/mol. The number of hydrogen-bond donors (Lipinski definition) is 2. The van der Waals surface area contributed by atoms with Gasteiger partial charge in [-0.1, -0.05) is 25.7 Å². The molecule has 14 heavy (non-hydrogen) atoms. The number of amides is 1. The van der Waals surface area contributed by atoms with Gasteiger partial charge in [-0.15, -0.1) is 0 Å². The van der Waals surface area contributed by atoms with Gasteiger partial charge in [0.05, 0.1) is 0 Å². The van der Waals surface area contributed by atoms with E-state index in [-0.39, 0.29) is 5.75 Å². The first-order valence-corrected chi connectivity index (χ1v) is 4.79. The normalized spacial score (nSPS) is 13.4. The quantitative estimate of drug-likeness (QED) is 0.717. The molecule has 0 aromatic heterocycles. The molecule has 0 saturated heterocycles. The Labute approximate surface area is 83.6 Å². The first-order valence-electron chi connectivity index (χ1n) is 4.79. The first-order chi connectivity index (χ1) is 6.70. The summed E-state index contributed by atoms with van der Waals surface area (Å²) in [5.74, 6) is -0.356. The van der Waals surface area contributed by atoms with Gasteiger partial charge in [0.25, 0.3) is 0 Å². The van der Waals surface area contributed by atoms with Crippen LogP contribution < -0.4 is 5.73 Å². The fraction of sp³-hybridized carbons (Fsp3) is 0.364. The Morgan fingerprint density at radius 2 is 1.50 bits per heavy atom. The van der Waals surface area contributed by atoms with E-state index in [1.165, 1.54) is 49.9 Å².